The van der Waals surface area contributed by atoms with Crippen molar-refractivity contribution < 1.29 is 13.2 Å². The van der Waals surface area contributed by atoms with Gasteiger partial charge in [0.05, 0.1) is 16.2 Å². The second-order valence-corrected chi connectivity index (χ2v) is 7.41. The first-order valence-corrected chi connectivity index (χ1v) is 8.18. The van der Waals surface area contributed by atoms with Crippen molar-refractivity contribution in [1.29, 1.82) is 0 Å². The highest BCUT2D eigenvalue weighted by atomic mass is 32.2. The Bertz CT molecular complexity index is 666. The number of nitrogens with zero attached hydrogens (tertiary/aromatic N) is 1. The monoisotopic (exact) mass is 277 g/mol. The van der Waals surface area contributed by atoms with Crippen LogP contribution in [0.1, 0.15) is 36.8 Å². The molecule has 1 aromatic rings. The highest BCUT2D eigenvalue weighted by Crippen LogP contribution is 2.43. The Kier molecular flexibility index (Phi) is 2.84. The van der Waals surface area contributed by atoms with Crippen LogP contribution in [0.2, 0.25) is 0 Å². The maximum atomic E-state index is 11.8. The molecule has 100 valence electrons. The topological polar surface area (TPSA) is 63.6 Å². The lowest BCUT2D eigenvalue weighted by Crippen LogP contribution is -2.19. The Morgan fingerprint density at radius 2 is 1.95 bits per heavy atom. The zero-order valence-corrected chi connectivity index (χ0v) is 11.4. The SMILES string of the molecule is O=C=NC1(c2ccc3c(c2)CCS3(=O)=O)CCCC1. The summed E-state index contributed by atoms with van der Waals surface area (Å²) in [5, 5.41) is 0. The van der Waals surface area contributed by atoms with Crippen molar-refractivity contribution in [1.82, 2.24) is 0 Å². The number of aryl methyl sites for hydroxylation is 1. The van der Waals surface area contributed by atoms with E-state index in [2.05, 4.69) is 4.99 Å². The van der Waals surface area contributed by atoms with Crippen molar-refractivity contribution in [2.24, 2.45) is 4.99 Å². The van der Waals surface area contributed by atoms with Gasteiger partial charge in [0.15, 0.2) is 9.84 Å². The summed E-state index contributed by atoms with van der Waals surface area (Å²) in [5.74, 6) is 0.190. The van der Waals surface area contributed by atoms with Crippen LogP contribution in [-0.4, -0.2) is 20.3 Å². The number of carbonyl (C=O) groups excluding carboxylic acids is 1. The molecule has 1 saturated carbocycles. The summed E-state index contributed by atoms with van der Waals surface area (Å²) in [6.07, 6.45) is 6.02. The highest BCUT2D eigenvalue weighted by Gasteiger charge is 2.37. The molecule has 1 aliphatic heterocycles. The molecule has 0 atom stereocenters. The van der Waals surface area contributed by atoms with Gasteiger partial charge < -0.3 is 0 Å². The number of benzene rings is 1. The van der Waals surface area contributed by atoms with Gasteiger partial charge in [-0.3, -0.25) is 0 Å². The van der Waals surface area contributed by atoms with Crippen molar-refractivity contribution >= 4 is 15.9 Å². The third kappa shape index (κ3) is 1.94. The highest BCUT2D eigenvalue weighted by molar-refractivity contribution is 7.91. The number of isocyanates is 1. The van der Waals surface area contributed by atoms with Gasteiger partial charge >= 0.3 is 0 Å². The number of fused-ring (bicyclic) bond motifs is 1. The first kappa shape index (κ1) is 12.6. The molecule has 0 spiro atoms. The molecule has 1 fully saturated rings. The molecule has 1 heterocycles. The van der Waals surface area contributed by atoms with E-state index in [-0.39, 0.29) is 5.75 Å². The van der Waals surface area contributed by atoms with E-state index in [0.717, 1.165) is 36.8 Å². The molecular weight excluding hydrogens is 262 g/mol. The molecular formula is C14H15NO3S. The second-order valence-electron chi connectivity index (χ2n) is 5.33. The van der Waals surface area contributed by atoms with Gasteiger partial charge in [-0.15, -0.1) is 0 Å². The van der Waals surface area contributed by atoms with Gasteiger partial charge in [-0.1, -0.05) is 25.0 Å². The molecule has 0 aromatic heterocycles. The molecule has 0 N–H and O–H groups in total. The average molecular weight is 277 g/mol. The predicted molar refractivity (Wildman–Crippen MR) is 70.5 cm³/mol. The molecule has 0 saturated heterocycles. The number of aliphatic imine (C=N–C) groups is 1. The van der Waals surface area contributed by atoms with Gasteiger partial charge in [-0.25, -0.2) is 13.2 Å². The molecule has 19 heavy (non-hydrogen) atoms. The molecule has 1 aromatic carbocycles. The zero-order valence-electron chi connectivity index (χ0n) is 10.6. The summed E-state index contributed by atoms with van der Waals surface area (Å²) < 4.78 is 23.6. The Labute approximate surface area is 112 Å². The van der Waals surface area contributed by atoms with E-state index < -0.39 is 15.4 Å². The van der Waals surface area contributed by atoms with Gasteiger partial charge in [0.1, 0.15) is 0 Å². The smallest absolute Gasteiger partial charge is 0.224 e. The number of sulfone groups is 1. The first-order chi connectivity index (χ1) is 9.07. The lowest BCUT2D eigenvalue weighted by Gasteiger charge is -2.23. The molecule has 1 aliphatic carbocycles. The van der Waals surface area contributed by atoms with Gasteiger partial charge in [-0.2, -0.15) is 4.99 Å². The van der Waals surface area contributed by atoms with Crippen LogP contribution in [0.4, 0.5) is 0 Å². The van der Waals surface area contributed by atoms with E-state index in [1.54, 1.807) is 12.1 Å². The molecule has 0 amide bonds. The Balaban J connectivity index is 2.10. The summed E-state index contributed by atoms with van der Waals surface area (Å²) in [4.78, 5) is 15.2. The van der Waals surface area contributed by atoms with Crippen molar-refractivity contribution in [2.45, 2.75) is 42.5 Å². The maximum Gasteiger partial charge on any atom is 0.235 e. The lowest BCUT2D eigenvalue weighted by molar-refractivity contribution is 0.455. The Hall–Kier alpha value is -1.45. The Morgan fingerprint density at radius 3 is 2.63 bits per heavy atom. The van der Waals surface area contributed by atoms with Crippen molar-refractivity contribution in [3.8, 4) is 0 Å². The molecule has 0 radical (unpaired) electrons. The molecule has 4 nitrogen and oxygen atoms in total. The average Bonchev–Trinajstić information content (AvgIpc) is 2.96. The molecule has 0 bridgehead atoms. The molecule has 2 aliphatic rings. The minimum Gasteiger partial charge on any atom is -0.224 e. The molecule has 5 heteroatoms. The van der Waals surface area contributed by atoms with Gasteiger partial charge in [-0.05, 0) is 36.5 Å². The third-order valence-corrected chi connectivity index (χ3v) is 6.07. The van der Waals surface area contributed by atoms with Crippen LogP contribution in [0.15, 0.2) is 28.1 Å². The normalized spacial score (nSPS) is 22.7. The van der Waals surface area contributed by atoms with E-state index in [1.807, 2.05) is 12.1 Å². The van der Waals surface area contributed by atoms with Crippen molar-refractivity contribution in [2.75, 3.05) is 5.75 Å². The summed E-state index contributed by atoms with van der Waals surface area (Å²) in [7, 11) is -3.09. The van der Waals surface area contributed by atoms with Crippen LogP contribution in [0.25, 0.3) is 0 Å². The van der Waals surface area contributed by atoms with Crippen molar-refractivity contribution in [3.63, 3.8) is 0 Å². The minimum absolute atomic E-state index is 0.190. The van der Waals surface area contributed by atoms with E-state index in [0.29, 0.717) is 11.3 Å². The van der Waals surface area contributed by atoms with Gasteiger partial charge in [0.2, 0.25) is 6.08 Å². The van der Waals surface area contributed by atoms with Gasteiger partial charge in [0, 0.05) is 0 Å². The van der Waals surface area contributed by atoms with E-state index in [4.69, 9.17) is 0 Å². The Morgan fingerprint density at radius 1 is 1.21 bits per heavy atom. The summed E-state index contributed by atoms with van der Waals surface area (Å²) >= 11 is 0. The summed E-state index contributed by atoms with van der Waals surface area (Å²) in [6, 6.07) is 5.41. The first-order valence-electron chi connectivity index (χ1n) is 6.53. The van der Waals surface area contributed by atoms with E-state index >= 15 is 0 Å². The fourth-order valence-corrected chi connectivity index (χ4v) is 4.78. The van der Waals surface area contributed by atoms with Crippen LogP contribution in [0.5, 0.6) is 0 Å². The summed E-state index contributed by atoms with van der Waals surface area (Å²) in [6.45, 7) is 0. The predicted octanol–water partition coefficient (Wildman–Crippen LogP) is 2.12. The number of hydrogen-bond donors (Lipinski definition) is 0. The summed E-state index contributed by atoms with van der Waals surface area (Å²) in [5.41, 5.74) is 1.36. The quantitative estimate of drug-likeness (QED) is 0.614. The van der Waals surface area contributed by atoms with Crippen LogP contribution in [0.3, 0.4) is 0 Å². The zero-order chi connectivity index (χ0) is 13.5. The van der Waals surface area contributed by atoms with Crippen molar-refractivity contribution in [3.05, 3.63) is 29.3 Å². The third-order valence-electron chi connectivity index (χ3n) is 4.26. The molecule has 0 unspecified atom stereocenters. The number of rotatable bonds is 2. The standard InChI is InChI=1S/C14H15NO3S/c16-10-15-14(6-1-2-7-14)12-3-4-13-11(9-12)5-8-19(13,17)18/h3-4,9H,1-2,5-8H2. The van der Waals surface area contributed by atoms with Crippen LogP contribution in [-0.2, 0) is 26.6 Å². The van der Waals surface area contributed by atoms with Crippen LogP contribution >= 0.6 is 0 Å². The largest absolute Gasteiger partial charge is 0.235 e. The second kappa shape index (κ2) is 4.29. The van der Waals surface area contributed by atoms with E-state index in [9.17, 15) is 13.2 Å². The van der Waals surface area contributed by atoms with Crippen LogP contribution < -0.4 is 0 Å². The maximum absolute atomic E-state index is 11.8. The fourth-order valence-electron chi connectivity index (χ4n) is 3.23. The minimum atomic E-state index is -3.09. The van der Waals surface area contributed by atoms with E-state index in [1.165, 1.54) is 0 Å². The lowest BCUT2D eigenvalue weighted by atomic mass is 9.88. The fraction of sp³-hybridized carbons (Fsp3) is 0.500. The van der Waals surface area contributed by atoms with Crippen LogP contribution in [0, 0.1) is 0 Å². The molecule has 3 rings (SSSR count). The van der Waals surface area contributed by atoms with Gasteiger partial charge in [0.25, 0.3) is 0 Å². The number of hydrogen-bond acceptors (Lipinski definition) is 4.